The SMILES string of the molecule is C#C.C/C=C(C)/C=C(\C=C/CCC)SC.CCC(C)(C)NC(=O)C1C2CC1CN(C(=O)C(C)C)C2. The van der Waals surface area contributed by atoms with Crippen LogP contribution in [0.1, 0.15) is 81.1 Å². The van der Waals surface area contributed by atoms with Crippen molar-refractivity contribution in [1.29, 1.82) is 0 Å². The zero-order valence-electron chi connectivity index (χ0n) is 23.7. The Morgan fingerprint density at radius 1 is 1.17 bits per heavy atom. The highest BCUT2D eigenvalue weighted by Crippen LogP contribution is 2.46. The molecule has 0 radical (unpaired) electrons. The molecule has 2 atom stereocenters. The number of thioether (sulfide) groups is 1. The van der Waals surface area contributed by atoms with Gasteiger partial charge in [-0.15, -0.1) is 24.6 Å². The average molecular weight is 503 g/mol. The van der Waals surface area contributed by atoms with Gasteiger partial charge in [0.25, 0.3) is 0 Å². The normalized spacial score (nSPS) is 21.9. The van der Waals surface area contributed by atoms with Crippen molar-refractivity contribution in [1.82, 2.24) is 10.2 Å². The minimum absolute atomic E-state index is 0.0544. The van der Waals surface area contributed by atoms with Crippen LogP contribution in [0.3, 0.4) is 0 Å². The summed E-state index contributed by atoms with van der Waals surface area (Å²) in [5, 5.41) is 3.16. The van der Waals surface area contributed by atoms with Crippen LogP contribution >= 0.6 is 11.8 Å². The van der Waals surface area contributed by atoms with E-state index in [1.54, 1.807) is 11.8 Å². The number of nitrogens with one attached hydrogen (secondary N) is 1. The molecule has 0 aromatic rings. The minimum Gasteiger partial charge on any atom is -0.351 e. The molecule has 0 spiro atoms. The maximum absolute atomic E-state index is 12.4. The predicted octanol–water partition coefficient (Wildman–Crippen LogP) is 6.85. The van der Waals surface area contributed by atoms with Crippen LogP contribution in [-0.4, -0.2) is 41.6 Å². The average Bonchev–Trinajstić information content (AvgIpc) is 2.84. The summed E-state index contributed by atoms with van der Waals surface area (Å²) in [7, 11) is 0. The second-order valence-electron chi connectivity index (χ2n) is 10.4. The largest absolute Gasteiger partial charge is 0.351 e. The number of terminal acetylenes is 1. The third-order valence-corrected chi connectivity index (χ3v) is 7.51. The molecule has 1 aliphatic carbocycles. The first-order valence-corrected chi connectivity index (χ1v) is 14.2. The molecular weight excluding hydrogens is 452 g/mol. The standard InChI is InChI=1S/C16H28N2O2.C12H20S.C2H2/c1-6-16(4,5)17-14(19)13-11-7-12(13)9-18(8-11)15(20)10(2)3;1-5-7-8-9-12(13-4)10-11(3)6-2;1-2/h10-13H,6-9H2,1-5H3,(H,17,19);6,8-10H,5,7H2,1-4H3;1-2H/b;9-8-,11-6+,12-10+;. The highest BCUT2D eigenvalue weighted by atomic mass is 32.2. The lowest BCUT2D eigenvalue weighted by molar-refractivity contribution is -0.155. The summed E-state index contributed by atoms with van der Waals surface area (Å²) in [4.78, 5) is 27.7. The molecule has 2 bridgehead atoms. The zero-order chi connectivity index (χ0) is 27.2. The molecule has 2 unspecified atom stereocenters. The first-order valence-electron chi connectivity index (χ1n) is 13.0. The molecule has 5 heteroatoms. The first-order chi connectivity index (χ1) is 16.5. The van der Waals surface area contributed by atoms with Gasteiger partial charge in [-0.05, 0) is 71.1 Å². The van der Waals surface area contributed by atoms with Crippen LogP contribution in [0.4, 0.5) is 0 Å². The van der Waals surface area contributed by atoms with Crippen molar-refractivity contribution in [3.8, 4) is 12.8 Å². The lowest BCUT2D eigenvalue weighted by Gasteiger charge is -2.53. The molecule has 3 rings (SSSR count). The number of rotatable bonds is 9. The molecule has 2 amide bonds. The van der Waals surface area contributed by atoms with Gasteiger partial charge in [0.05, 0.1) is 0 Å². The Bertz CT molecular complexity index is 764. The van der Waals surface area contributed by atoms with Crippen molar-refractivity contribution in [3.63, 3.8) is 0 Å². The van der Waals surface area contributed by atoms with Crippen molar-refractivity contribution in [2.45, 2.75) is 86.6 Å². The summed E-state index contributed by atoms with van der Waals surface area (Å²) in [6.45, 7) is 18.0. The van der Waals surface area contributed by atoms with Crippen LogP contribution in [0, 0.1) is 36.5 Å². The Kier molecular flexibility index (Phi) is 15.8. The van der Waals surface area contributed by atoms with E-state index in [2.05, 4.69) is 90.3 Å². The Morgan fingerprint density at radius 3 is 2.17 bits per heavy atom. The first kappa shape index (κ1) is 33.1. The number of hydrogen-bond donors (Lipinski definition) is 1. The quantitative estimate of drug-likeness (QED) is 0.277. The smallest absolute Gasteiger partial charge is 0.225 e. The molecule has 35 heavy (non-hydrogen) atoms. The molecule has 0 aromatic carbocycles. The van der Waals surface area contributed by atoms with Crippen LogP contribution in [0.15, 0.2) is 34.8 Å². The van der Waals surface area contributed by atoms with E-state index in [-0.39, 0.29) is 29.2 Å². The molecule has 3 fully saturated rings. The highest BCUT2D eigenvalue weighted by Gasteiger charge is 2.51. The van der Waals surface area contributed by atoms with E-state index in [1.807, 2.05) is 18.7 Å². The van der Waals surface area contributed by atoms with Crippen LogP contribution < -0.4 is 5.32 Å². The minimum atomic E-state index is -0.131. The van der Waals surface area contributed by atoms with E-state index >= 15 is 0 Å². The van der Waals surface area contributed by atoms with Gasteiger partial charge in [0, 0.05) is 35.4 Å². The van der Waals surface area contributed by atoms with Gasteiger partial charge in [0.2, 0.25) is 11.8 Å². The van der Waals surface area contributed by atoms with Gasteiger partial charge in [0.15, 0.2) is 0 Å². The van der Waals surface area contributed by atoms with E-state index in [0.29, 0.717) is 11.8 Å². The number of allylic oxidation sites excluding steroid dienone is 5. The molecule has 2 saturated heterocycles. The number of nitrogens with zero attached hydrogens (tertiary/aromatic N) is 1. The molecular formula is C30H50N2O2S. The molecule has 4 nitrogen and oxygen atoms in total. The Morgan fingerprint density at radius 2 is 1.74 bits per heavy atom. The van der Waals surface area contributed by atoms with E-state index in [4.69, 9.17) is 0 Å². The molecule has 0 aromatic heterocycles. The Labute approximate surface area is 220 Å². The van der Waals surface area contributed by atoms with Crippen LogP contribution in [0.25, 0.3) is 0 Å². The van der Waals surface area contributed by atoms with Crippen LogP contribution in [-0.2, 0) is 9.59 Å². The van der Waals surface area contributed by atoms with Crippen molar-refractivity contribution < 1.29 is 9.59 Å². The van der Waals surface area contributed by atoms with Crippen molar-refractivity contribution in [2.24, 2.45) is 23.7 Å². The summed E-state index contributed by atoms with van der Waals surface area (Å²) >= 11 is 1.80. The highest BCUT2D eigenvalue weighted by molar-refractivity contribution is 8.02. The van der Waals surface area contributed by atoms with Crippen LogP contribution in [0.5, 0.6) is 0 Å². The summed E-state index contributed by atoms with van der Waals surface area (Å²) in [6.07, 6.45) is 23.3. The van der Waals surface area contributed by atoms with Gasteiger partial charge >= 0.3 is 0 Å². The van der Waals surface area contributed by atoms with Gasteiger partial charge in [-0.1, -0.05) is 57.9 Å². The zero-order valence-corrected chi connectivity index (χ0v) is 24.5. The number of amides is 2. The summed E-state index contributed by atoms with van der Waals surface area (Å²) in [5.74, 6) is 1.33. The van der Waals surface area contributed by atoms with Gasteiger partial charge in [0.1, 0.15) is 0 Å². The van der Waals surface area contributed by atoms with Gasteiger partial charge < -0.3 is 10.2 Å². The maximum atomic E-state index is 12.4. The van der Waals surface area contributed by atoms with Gasteiger partial charge in [-0.3, -0.25) is 9.59 Å². The number of carbonyl (C=O) groups excluding carboxylic acids is 2. The van der Waals surface area contributed by atoms with Crippen molar-refractivity contribution in [2.75, 3.05) is 19.3 Å². The number of hydrogen-bond acceptors (Lipinski definition) is 3. The summed E-state index contributed by atoms with van der Waals surface area (Å²) < 4.78 is 0. The molecule has 1 saturated carbocycles. The third-order valence-electron chi connectivity index (χ3n) is 6.78. The predicted molar refractivity (Wildman–Crippen MR) is 154 cm³/mol. The summed E-state index contributed by atoms with van der Waals surface area (Å²) in [5.41, 5.74) is 1.19. The third kappa shape index (κ3) is 11.1. The van der Waals surface area contributed by atoms with E-state index in [9.17, 15) is 9.59 Å². The van der Waals surface area contributed by atoms with Gasteiger partial charge in [-0.2, -0.15) is 0 Å². The second-order valence-corrected chi connectivity index (χ2v) is 11.3. The summed E-state index contributed by atoms with van der Waals surface area (Å²) in [6, 6.07) is 0. The maximum Gasteiger partial charge on any atom is 0.225 e. The van der Waals surface area contributed by atoms with Crippen LogP contribution in [0.2, 0.25) is 0 Å². The number of unbranched alkanes of at least 4 members (excludes halogenated alkanes) is 1. The molecule has 2 aliphatic heterocycles. The van der Waals surface area contributed by atoms with E-state index in [0.717, 1.165) is 25.9 Å². The van der Waals surface area contributed by atoms with Crippen molar-refractivity contribution in [3.05, 3.63) is 34.8 Å². The molecule has 1 N–H and O–H groups in total. The van der Waals surface area contributed by atoms with Crippen molar-refractivity contribution >= 4 is 23.6 Å². The molecule has 198 valence electrons. The molecule has 3 aliphatic rings. The lowest BCUT2D eigenvalue weighted by atomic mass is 9.61. The number of fused-ring (bicyclic) bond motifs is 2. The fraction of sp³-hybridized carbons (Fsp3) is 0.667. The Balaban J connectivity index is 0.000000672. The second kappa shape index (κ2) is 16.7. The monoisotopic (exact) mass is 502 g/mol. The lowest BCUT2D eigenvalue weighted by Crippen LogP contribution is -2.62. The Hall–Kier alpha value is -1.93. The topological polar surface area (TPSA) is 49.4 Å². The molecule has 2 heterocycles. The van der Waals surface area contributed by atoms with Gasteiger partial charge in [-0.25, -0.2) is 0 Å². The number of piperidine rings is 2. The fourth-order valence-corrected chi connectivity index (χ4v) is 4.75. The van der Waals surface area contributed by atoms with E-state index < -0.39 is 0 Å². The van der Waals surface area contributed by atoms with E-state index in [1.165, 1.54) is 23.3 Å². The fourth-order valence-electron chi connectivity index (χ4n) is 4.22. The number of carbonyl (C=O) groups is 2.